The highest BCUT2D eigenvalue weighted by Crippen LogP contribution is 2.31. The van der Waals surface area contributed by atoms with Gasteiger partial charge < -0.3 is 10.6 Å². The fourth-order valence-corrected chi connectivity index (χ4v) is 1.93. The minimum atomic E-state index is 0.187. The van der Waals surface area contributed by atoms with Crippen molar-refractivity contribution in [2.45, 2.75) is 32.7 Å². The van der Waals surface area contributed by atoms with Crippen LogP contribution >= 0.6 is 0 Å². The SMILES string of the molecule is Cc1cccc2c1NCCC(C)(C)N2. The molecule has 1 heterocycles. The Kier molecular flexibility index (Phi) is 2.14. The molecule has 0 saturated heterocycles. The first-order chi connectivity index (χ1) is 6.58. The molecule has 0 amide bonds. The maximum Gasteiger partial charge on any atom is 0.0605 e. The summed E-state index contributed by atoms with van der Waals surface area (Å²) in [6.45, 7) is 7.67. The molecule has 14 heavy (non-hydrogen) atoms. The Morgan fingerprint density at radius 1 is 1.29 bits per heavy atom. The Hall–Kier alpha value is -1.18. The minimum Gasteiger partial charge on any atom is -0.383 e. The summed E-state index contributed by atoms with van der Waals surface area (Å²) in [5.74, 6) is 0. The van der Waals surface area contributed by atoms with Crippen molar-refractivity contribution in [1.82, 2.24) is 0 Å². The van der Waals surface area contributed by atoms with Gasteiger partial charge in [0.05, 0.1) is 11.4 Å². The van der Waals surface area contributed by atoms with Crippen LogP contribution in [0.3, 0.4) is 0 Å². The topological polar surface area (TPSA) is 24.1 Å². The van der Waals surface area contributed by atoms with E-state index in [1.807, 2.05) is 0 Å². The predicted molar refractivity (Wildman–Crippen MR) is 62.0 cm³/mol. The molecule has 2 rings (SSSR count). The van der Waals surface area contributed by atoms with Gasteiger partial charge in [-0.25, -0.2) is 0 Å². The van der Waals surface area contributed by atoms with Gasteiger partial charge in [-0.1, -0.05) is 12.1 Å². The van der Waals surface area contributed by atoms with E-state index in [2.05, 4.69) is 49.6 Å². The minimum absolute atomic E-state index is 0.187. The zero-order valence-electron chi connectivity index (χ0n) is 9.15. The van der Waals surface area contributed by atoms with Crippen LogP contribution in [0.2, 0.25) is 0 Å². The van der Waals surface area contributed by atoms with Crippen LogP contribution in [-0.4, -0.2) is 12.1 Å². The molecule has 0 bridgehead atoms. The Morgan fingerprint density at radius 3 is 2.86 bits per heavy atom. The highest BCUT2D eigenvalue weighted by molar-refractivity contribution is 5.73. The van der Waals surface area contributed by atoms with E-state index >= 15 is 0 Å². The zero-order valence-corrected chi connectivity index (χ0v) is 9.15. The van der Waals surface area contributed by atoms with Gasteiger partial charge in [0.1, 0.15) is 0 Å². The summed E-state index contributed by atoms with van der Waals surface area (Å²) >= 11 is 0. The Morgan fingerprint density at radius 2 is 2.07 bits per heavy atom. The zero-order chi connectivity index (χ0) is 10.2. The summed E-state index contributed by atoms with van der Waals surface area (Å²) in [6.07, 6.45) is 1.14. The fraction of sp³-hybridized carbons (Fsp3) is 0.500. The Balaban J connectivity index is 2.42. The van der Waals surface area contributed by atoms with Crippen molar-refractivity contribution in [3.8, 4) is 0 Å². The molecule has 2 heteroatoms. The van der Waals surface area contributed by atoms with Gasteiger partial charge >= 0.3 is 0 Å². The van der Waals surface area contributed by atoms with E-state index in [1.165, 1.54) is 16.9 Å². The summed E-state index contributed by atoms with van der Waals surface area (Å²) in [5, 5.41) is 7.06. The molecule has 2 N–H and O–H groups in total. The van der Waals surface area contributed by atoms with Crippen LogP contribution in [-0.2, 0) is 0 Å². The summed E-state index contributed by atoms with van der Waals surface area (Å²) in [7, 11) is 0. The maximum absolute atomic E-state index is 3.58. The molecule has 0 aliphatic carbocycles. The van der Waals surface area contributed by atoms with E-state index in [4.69, 9.17) is 0 Å². The quantitative estimate of drug-likeness (QED) is 0.657. The molecule has 76 valence electrons. The molecule has 0 aromatic heterocycles. The van der Waals surface area contributed by atoms with E-state index in [-0.39, 0.29) is 5.54 Å². The van der Waals surface area contributed by atoms with Crippen molar-refractivity contribution in [3.05, 3.63) is 23.8 Å². The van der Waals surface area contributed by atoms with Crippen molar-refractivity contribution in [3.63, 3.8) is 0 Å². The first-order valence-electron chi connectivity index (χ1n) is 5.20. The molecule has 0 spiro atoms. The van der Waals surface area contributed by atoms with E-state index in [0.29, 0.717) is 0 Å². The van der Waals surface area contributed by atoms with Gasteiger partial charge in [0.15, 0.2) is 0 Å². The van der Waals surface area contributed by atoms with Gasteiger partial charge in [-0.15, -0.1) is 0 Å². The highest BCUT2D eigenvalue weighted by Gasteiger charge is 2.21. The number of aryl methyl sites for hydroxylation is 1. The molecule has 0 unspecified atom stereocenters. The second-order valence-corrected chi connectivity index (χ2v) is 4.68. The molecule has 1 aliphatic rings. The summed E-state index contributed by atoms with van der Waals surface area (Å²) < 4.78 is 0. The first kappa shape index (κ1) is 9.38. The lowest BCUT2D eigenvalue weighted by Crippen LogP contribution is -2.30. The molecule has 1 aromatic rings. The molecule has 2 nitrogen and oxygen atoms in total. The van der Waals surface area contributed by atoms with Crippen molar-refractivity contribution in [2.24, 2.45) is 0 Å². The second kappa shape index (κ2) is 3.19. The molecular weight excluding hydrogens is 172 g/mol. The molecule has 1 aliphatic heterocycles. The third-order valence-corrected chi connectivity index (χ3v) is 2.80. The molecular formula is C12H18N2. The summed E-state index contributed by atoms with van der Waals surface area (Å²) in [4.78, 5) is 0. The van der Waals surface area contributed by atoms with Gasteiger partial charge in [0.25, 0.3) is 0 Å². The average molecular weight is 190 g/mol. The molecule has 0 saturated carbocycles. The molecule has 0 radical (unpaired) electrons. The van der Waals surface area contributed by atoms with Gasteiger partial charge in [0, 0.05) is 12.1 Å². The Bertz CT molecular complexity index is 342. The van der Waals surface area contributed by atoms with Gasteiger partial charge in [-0.05, 0) is 38.8 Å². The third-order valence-electron chi connectivity index (χ3n) is 2.80. The van der Waals surface area contributed by atoms with Gasteiger partial charge in [0.2, 0.25) is 0 Å². The van der Waals surface area contributed by atoms with Crippen LogP contribution in [0, 0.1) is 6.92 Å². The van der Waals surface area contributed by atoms with Crippen molar-refractivity contribution in [2.75, 3.05) is 17.2 Å². The highest BCUT2D eigenvalue weighted by atomic mass is 15.0. The van der Waals surface area contributed by atoms with Crippen LogP contribution in [0.15, 0.2) is 18.2 Å². The normalized spacial score (nSPS) is 18.8. The van der Waals surface area contributed by atoms with Gasteiger partial charge in [-0.2, -0.15) is 0 Å². The Labute approximate surface area is 85.7 Å². The van der Waals surface area contributed by atoms with Crippen LogP contribution in [0.4, 0.5) is 11.4 Å². The number of benzene rings is 1. The first-order valence-corrected chi connectivity index (χ1v) is 5.20. The number of fused-ring (bicyclic) bond motifs is 1. The number of nitrogens with one attached hydrogen (secondary N) is 2. The monoisotopic (exact) mass is 190 g/mol. The maximum atomic E-state index is 3.58. The lowest BCUT2D eigenvalue weighted by molar-refractivity contribution is 0.540. The lowest BCUT2D eigenvalue weighted by atomic mass is 10.0. The summed E-state index contributed by atoms with van der Waals surface area (Å²) in [6, 6.07) is 6.39. The molecule has 0 fully saturated rings. The number of hydrogen-bond acceptors (Lipinski definition) is 2. The summed E-state index contributed by atoms with van der Waals surface area (Å²) in [5.41, 5.74) is 3.99. The van der Waals surface area contributed by atoms with E-state index in [9.17, 15) is 0 Å². The molecule has 0 atom stereocenters. The van der Waals surface area contributed by atoms with Crippen LogP contribution in [0.1, 0.15) is 25.8 Å². The van der Waals surface area contributed by atoms with E-state index < -0.39 is 0 Å². The molecule has 1 aromatic carbocycles. The van der Waals surface area contributed by atoms with E-state index in [0.717, 1.165) is 13.0 Å². The van der Waals surface area contributed by atoms with Crippen LogP contribution in [0.5, 0.6) is 0 Å². The standard InChI is InChI=1S/C12H18N2/c1-9-5-4-6-10-11(9)13-8-7-12(2,3)14-10/h4-6,13-14H,7-8H2,1-3H3. The number of para-hydroxylation sites is 1. The van der Waals surface area contributed by atoms with Crippen molar-refractivity contribution in [1.29, 1.82) is 0 Å². The van der Waals surface area contributed by atoms with Crippen LogP contribution < -0.4 is 10.6 Å². The van der Waals surface area contributed by atoms with Gasteiger partial charge in [-0.3, -0.25) is 0 Å². The predicted octanol–water partition coefficient (Wildman–Crippen LogP) is 3.00. The number of anilines is 2. The largest absolute Gasteiger partial charge is 0.383 e. The number of hydrogen-bond donors (Lipinski definition) is 2. The van der Waals surface area contributed by atoms with Crippen LogP contribution in [0.25, 0.3) is 0 Å². The average Bonchev–Trinajstić information content (AvgIpc) is 2.23. The number of rotatable bonds is 0. The van der Waals surface area contributed by atoms with Crippen molar-refractivity contribution >= 4 is 11.4 Å². The van der Waals surface area contributed by atoms with Crippen molar-refractivity contribution < 1.29 is 0 Å². The lowest BCUT2D eigenvalue weighted by Gasteiger charge is -2.25. The second-order valence-electron chi connectivity index (χ2n) is 4.68. The smallest absolute Gasteiger partial charge is 0.0605 e. The fourth-order valence-electron chi connectivity index (χ4n) is 1.93. The van der Waals surface area contributed by atoms with E-state index in [1.54, 1.807) is 0 Å². The third kappa shape index (κ3) is 1.69.